The average Bonchev–Trinajstić information content (AvgIpc) is 3.64. The van der Waals surface area contributed by atoms with Gasteiger partial charge in [-0.2, -0.15) is 0 Å². The van der Waals surface area contributed by atoms with E-state index in [0.29, 0.717) is 17.5 Å². The number of hydrogen-bond acceptors (Lipinski definition) is 4. The summed E-state index contributed by atoms with van der Waals surface area (Å²) >= 11 is 1.81. The van der Waals surface area contributed by atoms with Crippen LogP contribution in [0.3, 0.4) is 0 Å². The summed E-state index contributed by atoms with van der Waals surface area (Å²) in [5.74, 6) is 1.95. The minimum atomic E-state index is 0.643. The predicted molar refractivity (Wildman–Crippen MR) is 232 cm³/mol. The van der Waals surface area contributed by atoms with Crippen LogP contribution in [0.5, 0.6) is 0 Å². The Morgan fingerprint density at radius 2 is 0.836 bits per heavy atom. The molecule has 55 heavy (non-hydrogen) atoms. The number of thiophene rings is 1. The molecular formula is C51H31N3S. The average molecular weight is 718 g/mol. The molecule has 0 bridgehead atoms. The number of rotatable bonds is 5. The molecule has 0 amide bonds. The molecule has 3 nitrogen and oxygen atoms in total. The van der Waals surface area contributed by atoms with Crippen molar-refractivity contribution in [1.29, 1.82) is 0 Å². The zero-order chi connectivity index (χ0) is 36.3. The van der Waals surface area contributed by atoms with Crippen LogP contribution in [0, 0.1) is 0 Å². The zero-order valence-electron chi connectivity index (χ0n) is 29.6. The monoisotopic (exact) mass is 717 g/mol. The highest BCUT2D eigenvalue weighted by Gasteiger charge is 2.16. The van der Waals surface area contributed by atoms with Gasteiger partial charge in [0.05, 0.1) is 0 Å². The van der Waals surface area contributed by atoms with Gasteiger partial charge in [-0.3, -0.25) is 0 Å². The summed E-state index contributed by atoms with van der Waals surface area (Å²) in [4.78, 5) is 15.3. The van der Waals surface area contributed by atoms with E-state index in [9.17, 15) is 0 Å². The maximum Gasteiger partial charge on any atom is 0.164 e. The first-order chi connectivity index (χ1) is 27.2. The van der Waals surface area contributed by atoms with E-state index in [-0.39, 0.29) is 0 Å². The number of nitrogens with zero attached hydrogens (tertiary/aromatic N) is 3. The lowest BCUT2D eigenvalue weighted by atomic mass is 9.89. The highest BCUT2D eigenvalue weighted by molar-refractivity contribution is 7.25. The third kappa shape index (κ3) is 5.46. The Kier molecular flexibility index (Phi) is 7.35. The van der Waals surface area contributed by atoms with Crippen LogP contribution in [0.25, 0.3) is 109 Å². The molecule has 0 aliphatic rings. The van der Waals surface area contributed by atoms with Crippen molar-refractivity contribution >= 4 is 63.8 Å². The van der Waals surface area contributed by atoms with Gasteiger partial charge >= 0.3 is 0 Å². The fourth-order valence-electron chi connectivity index (χ4n) is 8.04. The topological polar surface area (TPSA) is 38.7 Å². The highest BCUT2D eigenvalue weighted by Crippen LogP contribution is 2.41. The quantitative estimate of drug-likeness (QED) is 0.131. The molecule has 0 saturated carbocycles. The Morgan fingerprint density at radius 1 is 0.273 bits per heavy atom. The maximum atomic E-state index is 5.14. The van der Waals surface area contributed by atoms with Gasteiger partial charge in [0.15, 0.2) is 17.5 Å². The van der Waals surface area contributed by atoms with E-state index in [1.165, 1.54) is 63.6 Å². The van der Waals surface area contributed by atoms with Crippen molar-refractivity contribution in [2.24, 2.45) is 0 Å². The van der Waals surface area contributed by atoms with Gasteiger partial charge in [0.25, 0.3) is 0 Å². The zero-order valence-corrected chi connectivity index (χ0v) is 30.5. The van der Waals surface area contributed by atoms with Crippen LogP contribution in [0.1, 0.15) is 0 Å². The van der Waals surface area contributed by atoms with E-state index in [1.54, 1.807) is 0 Å². The summed E-state index contributed by atoms with van der Waals surface area (Å²) in [6.45, 7) is 0. The molecule has 0 saturated heterocycles. The van der Waals surface area contributed by atoms with Crippen LogP contribution < -0.4 is 0 Å². The second kappa shape index (κ2) is 12.8. The van der Waals surface area contributed by atoms with Gasteiger partial charge < -0.3 is 0 Å². The summed E-state index contributed by atoms with van der Waals surface area (Å²) in [7, 11) is 0. The van der Waals surface area contributed by atoms with E-state index < -0.39 is 0 Å². The predicted octanol–water partition coefficient (Wildman–Crippen LogP) is 14.0. The van der Waals surface area contributed by atoms with Crippen molar-refractivity contribution in [2.45, 2.75) is 0 Å². The number of benzene rings is 9. The second-order valence-corrected chi connectivity index (χ2v) is 15.1. The van der Waals surface area contributed by atoms with Gasteiger partial charge in [-0.25, -0.2) is 15.0 Å². The largest absolute Gasteiger partial charge is 0.208 e. The standard InChI is InChI=1S/C51H31N3S/c1-2-13-33(14-3-1)49-52-50(54-51(53-49)39-25-27-47-45(31-39)42-22-8-9-23-46(42)55-47)38-19-11-17-35(29-38)34-16-10-18-37(28-34)48-41-21-7-5-15-36(41)30-44-40-20-6-4-12-32(40)24-26-43(44)48/h1-31H. The van der Waals surface area contributed by atoms with Crippen LogP contribution in [-0.2, 0) is 0 Å². The van der Waals surface area contributed by atoms with E-state index in [2.05, 4.69) is 170 Å². The highest BCUT2D eigenvalue weighted by atomic mass is 32.1. The minimum absolute atomic E-state index is 0.643. The summed E-state index contributed by atoms with van der Waals surface area (Å²) in [6, 6.07) is 67.1. The summed E-state index contributed by atoms with van der Waals surface area (Å²) < 4.78 is 2.53. The molecule has 11 rings (SSSR count). The molecule has 0 unspecified atom stereocenters. The lowest BCUT2D eigenvalue weighted by Crippen LogP contribution is -2.00. The van der Waals surface area contributed by atoms with Crippen LogP contribution in [0.2, 0.25) is 0 Å². The Labute approximate surface area is 321 Å². The van der Waals surface area contributed by atoms with Crippen molar-refractivity contribution in [1.82, 2.24) is 15.0 Å². The molecule has 2 aromatic heterocycles. The molecule has 0 N–H and O–H groups in total. The summed E-state index contributed by atoms with van der Waals surface area (Å²) in [6.07, 6.45) is 0. The third-order valence-corrected chi connectivity index (χ3v) is 11.8. The van der Waals surface area contributed by atoms with E-state index in [0.717, 1.165) is 27.8 Å². The van der Waals surface area contributed by atoms with Gasteiger partial charge in [-0.1, -0.05) is 146 Å². The molecule has 2 heterocycles. The molecule has 0 spiro atoms. The van der Waals surface area contributed by atoms with Gasteiger partial charge in [0.2, 0.25) is 0 Å². The first-order valence-corrected chi connectivity index (χ1v) is 19.3. The first kappa shape index (κ1) is 31.5. The van der Waals surface area contributed by atoms with E-state index in [1.807, 2.05) is 29.5 Å². The normalized spacial score (nSPS) is 11.6. The number of hydrogen-bond donors (Lipinski definition) is 0. The van der Waals surface area contributed by atoms with Crippen molar-refractivity contribution in [3.8, 4) is 56.4 Å². The van der Waals surface area contributed by atoms with E-state index >= 15 is 0 Å². The van der Waals surface area contributed by atoms with Gasteiger partial charge in [0.1, 0.15) is 0 Å². The molecule has 0 radical (unpaired) electrons. The molecule has 11 aromatic rings. The fourth-order valence-corrected chi connectivity index (χ4v) is 9.13. The Morgan fingerprint density at radius 3 is 1.64 bits per heavy atom. The smallest absolute Gasteiger partial charge is 0.164 e. The Hall–Kier alpha value is -7.01. The fraction of sp³-hybridized carbons (Fsp3) is 0. The minimum Gasteiger partial charge on any atom is -0.208 e. The van der Waals surface area contributed by atoms with Crippen molar-refractivity contribution in [3.05, 3.63) is 188 Å². The molecular weight excluding hydrogens is 687 g/mol. The lowest BCUT2D eigenvalue weighted by molar-refractivity contribution is 1.07. The molecule has 4 heteroatoms. The first-order valence-electron chi connectivity index (χ1n) is 18.5. The van der Waals surface area contributed by atoms with Gasteiger partial charge in [-0.15, -0.1) is 11.3 Å². The van der Waals surface area contributed by atoms with Crippen LogP contribution in [-0.4, -0.2) is 15.0 Å². The molecule has 0 aliphatic carbocycles. The Bertz CT molecular complexity index is 3270. The van der Waals surface area contributed by atoms with Crippen molar-refractivity contribution in [2.75, 3.05) is 0 Å². The van der Waals surface area contributed by atoms with E-state index in [4.69, 9.17) is 15.0 Å². The second-order valence-electron chi connectivity index (χ2n) is 14.0. The Balaban J connectivity index is 1.05. The van der Waals surface area contributed by atoms with Crippen LogP contribution in [0.4, 0.5) is 0 Å². The van der Waals surface area contributed by atoms with Crippen LogP contribution >= 0.6 is 11.3 Å². The molecule has 0 aliphatic heterocycles. The van der Waals surface area contributed by atoms with Crippen molar-refractivity contribution < 1.29 is 0 Å². The molecule has 0 fully saturated rings. The summed E-state index contributed by atoms with van der Waals surface area (Å²) in [5.41, 5.74) is 7.53. The number of aromatic nitrogens is 3. The summed E-state index contributed by atoms with van der Waals surface area (Å²) in [5, 5.41) is 9.99. The lowest BCUT2D eigenvalue weighted by Gasteiger charge is -2.15. The molecule has 0 atom stereocenters. The maximum absolute atomic E-state index is 5.14. The SMILES string of the molecule is c1ccc(-c2nc(-c3cccc(-c4cccc(-c5c6ccccc6cc6c5ccc5ccccc56)c4)c3)nc(-c3ccc4sc5ccccc5c4c3)n2)cc1. The van der Waals surface area contributed by atoms with Crippen LogP contribution in [0.15, 0.2) is 188 Å². The molecule has 256 valence electrons. The van der Waals surface area contributed by atoms with Gasteiger partial charge in [-0.05, 0) is 97.0 Å². The van der Waals surface area contributed by atoms with Gasteiger partial charge in [0, 0.05) is 36.9 Å². The molecule has 9 aromatic carbocycles. The third-order valence-electron chi connectivity index (χ3n) is 10.7. The van der Waals surface area contributed by atoms with Crippen molar-refractivity contribution in [3.63, 3.8) is 0 Å². The number of fused-ring (bicyclic) bond motifs is 7.